The number of hydrogen-bond donors (Lipinski definition) is 2. The SMILES string of the molecule is Cc1cc2c(cc1-c1cn(C)c(=O)c(C)c1C)[nH]c1ccc(C3CCNCC3)cc12. The lowest BCUT2D eigenvalue weighted by Crippen LogP contribution is -2.26. The van der Waals surface area contributed by atoms with E-state index in [1.165, 1.54) is 45.8 Å². The van der Waals surface area contributed by atoms with Gasteiger partial charge in [0.2, 0.25) is 0 Å². The molecule has 0 atom stereocenters. The molecule has 154 valence electrons. The van der Waals surface area contributed by atoms with Gasteiger partial charge in [-0.05, 0) is 99.1 Å². The van der Waals surface area contributed by atoms with E-state index in [9.17, 15) is 4.79 Å². The lowest BCUT2D eigenvalue weighted by atomic mass is 9.89. The molecular weight excluding hydrogens is 370 g/mol. The number of benzene rings is 2. The van der Waals surface area contributed by atoms with Crippen molar-refractivity contribution in [1.29, 1.82) is 0 Å². The molecule has 0 saturated carbocycles. The van der Waals surface area contributed by atoms with Gasteiger partial charge < -0.3 is 14.9 Å². The van der Waals surface area contributed by atoms with E-state index in [0.29, 0.717) is 5.92 Å². The van der Waals surface area contributed by atoms with Gasteiger partial charge in [-0.25, -0.2) is 0 Å². The zero-order valence-corrected chi connectivity index (χ0v) is 18.2. The van der Waals surface area contributed by atoms with E-state index in [2.05, 4.69) is 47.6 Å². The maximum atomic E-state index is 12.3. The number of aryl methyl sites for hydroxylation is 2. The Bertz CT molecular complexity index is 1340. The van der Waals surface area contributed by atoms with E-state index >= 15 is 0 Å². The molecule has 1 aliphatic heterocycles. The second kappa shape index (κ2) is 7.13. The van der Waals surface area contributed by atoms with Crippen molar-refractivity contribution in [2.45, 2.75) is 39.5 Å². The van der Waals surface area contributed by atoms with Crippen LogP contribution in [0.25, 0.3) is 32.9 Å². The summed E-state index contributed by atoms with van der Waals surface area (Å²) in [5, 5.41) is 6.05. The lowest BCUT2D eigenvalue weighted by molar-refractivity contribution is 0.460. The topological polar surface area (TPSA) is 49.8 Å². The molecule has 2 N–H and O–H groups in total. The van der Waals surface area contributed by atoms with E-state index in [0.717, 1.165) is 35.3 Å². The first-order valence-corrected chi connectivity index (χ1v) is 10.9. The second-order valence-electron chi connectivity index (χ2n) is 8.88. The fourth-order valence-corrected chi connectivity index (χ4v) is 5.02. The fraction of sp³-hybridized carbons (Fsp3) is 0.346. The quantitative estimate of drug-likeness (QED) is 0.494. The Hall–Kier alpha value is -2.85. The molecule has 2 aromatic carbocycles. The van der Waals surface area contributed by atoms with Crippen molar-refractivity contribution >= 4 is 21.8 Å². The molecule has 0 radical (unpaired) electrons. The Kier molecular flexibility index (Phi) is 4.55. The molecule has 3 heterocycles. The van der Waals surface area contributed by atoms with Crippen molar-refractivity contribution in [3.05, 3.63) is 69.1 Å². The predicted octanol–water partition coefficient (Wildman–Crippen LogP) is 5.08. The first-order chi connectivity index (χ1) is 14.4. The van der Waals surface area contributed by atoms with Gasteiger partial charge in [0.1, 0.15) is 0 Å². The number of rotatable bonds is 2. The number of aromatic amines is 1. The van der Waals surface area contributed by atoms with Gasteiger partial charge in [-0.1, -0.05) is 6.07 Å². The smallest absolute Gasteiger partial charge is 0.253 e. The maximum absolute atomic E-state index is 12.3. The van der Waals surface area contributed by atoms with Crippen molar-refractivity contribution in [2.24, 2.45) is 7.05 Å². The first kappa shape index (κ1) is 19.1. The minimum absolute atomic E-state index is 0.0750. The van der Waals surface area contributed by atoms with Gasteiger partial charge >= 0.3 is 0 Å². The monoisotopic (exact) mass is 399 g/mol. The Labute approximate surface area is 176 Å². The standard InChI is InChI=1S/C26H29N3O/c1-15-11-21-22-12-19(18-7-9-27-10-8-18)5-6-24(22)28-25(21)13-20(15)23-14-29(4)26(30)17(3)16(23)2/h5-6,11-14,18,27-28H,7-10H2,1-4H3. The Morgan fingerprint density at radius 2 is 1.63 bits per heavy atom. The summed E-state index contributed by atoms with van der Waals surface area (Å²) in [6.45, 7) is 8.35. The number of piperidine rings is 1. The van der Waals surface area contributed by atoms with Crippen LogP contribution in [-0.2, 0) is 7.05 Å². The summed E-state index contributed by atoms with van der Waals surface area (Å²) >= 11 is 0. The molecule has 1 aliphatic rings. The van der Waals surface area contributed by atoms with Crippen LogP contribution >= 0.6 is 0 Å². The number of pyridine rings is 1. The zero-order valence-electron chi connectivity index (χ0n) is 18.2. The summed E-state index contributed by atoms with van der Waals surface area (Å²) in [4.78, 5) is 15.9. The highest BCUT2D eigenvalue weighted by Gasteiger charge is 2.18. The maximum Gasteiger partial charge on any atom is 0.253 e. The van der Waals surface area contributed by atoms with Gasteiger partial charge in [-0.3, -0.25) is 4.79 Å². The van der Waals surface area contributed by atoms with Gasteiger partial charge in [-0.2, -0.15) is 0 Å². The van der Waals surface area contributed by atoms with Crippen LogP contribution in [0.1, 0.15) is 41.0 Å². The second-order valence-corrected chi connectivity index (χ2v) is 8.88. The fourth-order valence-electron chi connectivity index (χ4n) is 5.02. The van der Waals surface area contributed by atoms with Crippen LogP contribution in [0.3, 0.4) is 0 Å². The summed E-state index contributed by atoms with van der Waals surface area (Å²) < 4.78 is 1.69. The number of nitrogens with zero attached hydrogens (tertiary/aromatic N) is 1. The van der Waals surface area contributed by atoms with E-state index in [1.807, 2.05) is 27.1 Å². The third kappa shape index (κ3) is 2.98. The lowest BCUT2D eigenvalue weighted by Gasteiger charge is -2.23. The van der Waals surface area contributed by atoms with E-state index in [4.69, 9.17) is 0 Å². The summed E-state index contributed by atoms with van der Waals surface area (Å²) in [6, 6.07) is 11.5. The third-order valence-electron chi connectivity index (χ3n) is 7.00. The Morgan fingerprint density at radius 1 is 0.900 bits per heavy atom. The number of fused-ring (bicyclic) bond motifs is 3. The molecule has 2 aromatic heterocycles. The predicted molar refractivity (Wildman–Crippen MR) is 126 cm³/mol. The summed E-state index contributed by atoms with van der Waals surface area (Å²) in [7, 11) is 1.83. The van der Waals surface area contributed by atoms with E-state index in [1.54, 1.807) is 4.57 Å². The van der Waals surface area contributed by atoms with E-state index < -0.39 is 0 Å². The van der Waals surface area contributed by atoms with Crippen molar-refractivity contribution in [2.75, 3.05) is 13.1 Å². The minimum atomic E-state index is 0.0750. The third-order valence-corrected chi connectivity index (χ3v) is 7.00. The number of aromatic nitrogens is 2. The van der Waals surface area contributed by atoms with Gasteiger partial charge in [0.05, 0.1) is 0 Å². The largest absolute Gasteiger partial charge is 0.354 e. The van der Waals surface area contributed by atoms with Crippen LogP contribution < -0.4 is 10.9 Å². The van der Waals surface area contributed by atoms with Crippen LogP contribution in [0, 0.1) is 20.8 Å². The highest BCUT2D eigenvalue weighted by molar-refractivity contribution is 6.09. The van der Waals surface area contributed by atoms with Crippen molar-refractivity contribution < 1.29 is 0 Å². The average Bonchev–Trinajstić information content (AvgIpc) is 3.11. The van der Waals surface area contributed by atoms with Gasteiger partial charge in [0.15, 0.2) is 0 Å². The van der Waals surface area contributed by atoms with E-state index in [-0.39, 0.29) is 5.56 Å². The first-order valence-electron chi connectivity index (χ1n) is 10.9. The zero-order chi connectivity index (χ0) is 21.0. The van der Waals surface area contributed by atoms with Gasteiger partial charge in [0, 0.05) is 46.2 Å². The average molecular weight is 400 g/mol. The minimum Gasteiger partial charge on any atom is -0.354 e. The van der Waals surface area contributed by atoms with Crippen LogP contribution in [-0.4, -0.2) is 22.6 Å². The molecule has 4 nitrogen and oxygen atoms in total. The molecule has 1 saturated heterocycles. The molecule has 0 spiro atoms. The molecule has 0 bridgehead atoms. The van der Waals surface area contributed by atoms with Gasteiger partial charge in [0.25, 0.3) is 5.56 Å². The summed E-state index contributed by atoms with van der Waals surface area (Å²) in [5.74, 6) is 0.650. The van der Waals surface area contributed by atoms with Crippen LogP contribution in [0.2, 0.25) is 0 Å². The molecule has 5 rings (SSSR count). The van der Waals surface area contributed by atoms with Crippen LogP contribution in [0.15, 0.2) is 41.3 Å². The summed E-state index contributed by atoms with van der Waals surface area (Å²) in [6.07, 6.45) is 4.39. The number of hydrogen-bond acceptors (Lipinski definition) is 2. The summed E-state index contributed by atoms with van der Waals surface area (Å²) in [5.41, 5.74) is 9.29. The molecule has 1 fully saturated rings. The molecule has 0 unspecified atom stereocenters. The molecule has 4 heteroatoms. The Morgan fingerprint density at radius 3 is 2.40 bits per heavy atom. The van der Waals surface area contributed by atoms with Crippen molar-refractivity contribution in [3.63, 3.8) is 0 Å². The van der Waals surface area contributed by atoms with Gasteiger partial charge in [-0.15, -0.1) is 0 Å². The van der Waals surface area contributed by atoms with Crippen LogP contribution in [0.4, 0.5) is 0 Å². The molecular formula is C26H29N3O. The number of nitrogens with one attached hydrogen (secondary N) is 2. The molecule has 0 aliphatic carbocycles. The molecule has 4 aromatic rings. The highest BCUT2D eigenvalue weighted by atomic mass is 16.1. The van der Waals surface area contributed by atoms with Crippen LogP contribution in [0.5, 0.6) is 0 Å². The number of H-pyrrole nitrogens is 1. The normalized spacial score (nSPS) is 15.3. The van der Waals surface area contributed by atoms with Crippen molar-refractivity contribution in [1.82, 2.24) is 14.9 Å². The van der Waals surface area contributed by atoms with Crippen molar-refractivity contribution in [3.8, 4) is 11.1 Å². The Balaban J connectivity index is 1.68. The highest BCUT2D eigenvalue weighted by Crippen LogP contribution is 2.36. The molecule has 30 heavy (non-hydrogen) atoms. The molecule has 0 amide bonds.